The van der Waals surface area contributed by atoms with Crippen molar-refractivity contribution in [2.75, 3.05) is 45.8 Å². The van der Waals surface area contributed by atoms with Gasteiger partial charge in [-0.3, -0.25) is 4.79 Å². The Kier molecular flexibility index (Phi) is 7.39. The number of rotatable bonds is 9. The minimum absolute atomic E-state index is 0.176. The lowest BCUT2D eigenvalue weighted by atomic mass is 9.88. The molecule has 0 bridgehead atoms. The predicted molar refractivity (Wildman–Crippen MR) is 80.2 cm³/mol. The van der Waals surface area contributed by atoms with Crippen molar-refractivity contribution < 1.29 is 4.79 Å². The average Bonchev–Trinajstić information content (AvgIpc) is 2.36. The van der Waals surface area contributed by atoms with E-state index in [0.717, 1.165) is 52.2 Å². The van der Waals surface area contributed by atoms with Crippen LogP contribution in [0.25, 0.3) is 0 Å². The van der Waals surface area contributed by atoms with E-state index < -0.39 is 0 Å². The average molecular weight is 269 g/mol. The Bertz CT molecular complexity index is 262. The van der Waals surface area contributed by atoms with E-state index in [9.17, 15) is 4.79 Å². The summed E-state index contributed by atoms with van der Waals surface area (Å²) in [6.45, 7) is 15.6. The third-order valence-electron chi connectivity index (χ3n) is 4.40. The van der Waals surface area contributed by atoms with E-state index in [0.29, 0.717) is 11.8 Å². The van der Waals surface area contributed by atoms with E-state index in [1.165, 1.54) is 0 Å². The topological polar surface area (TPSA) is 35.6 Å². The van der Waals surface area contributed by atoms with Crippen molar-refractivity contribution >= 4 is 5.91 Å². The molecule has 112 valence electrons. The minimum Gasteiger partial charge on any atom is -0.343 e. The number of hydrogen-bond acceptors (Lipinski definition) is 3. The maximum atomic E-state index is 12.4. The first-order valence-electron chi connectivity index (χ1n) is 7.85. The number of hydrogen-bond donors (Lipinski definition) is 1. The van der Waals surface area contributed by atoms with Gasteiger partial charge in [-0.1, -0.05) is 20.8 Å². The summed E-state index contributed by atoms with van der Waals surface area (Å²) in [4.78, 5) is 16.9. The van der Waals surface area contributed by atoms with Crippen molar-refractivity contribution in [1.29, 1.82) is 0 Å². The Morgan fingerprint density at radius 3 is 2.21 bits per heavy atom. The van der Waals surface area contributed by atoms with Crippen LogP contribution in [0, 0.1) is 11.8 Å². The van der Waals surface area contributed by atoms with E-state index in [4.69, 9.17) is 0 Å². The van der Waals surface area contributed by atoms with Crippen LogP contribution in [0.15, 0.2) is 0 Å². The molecule has 1 amide bonds. The molecular weight excluding hydrogens is 238 g/mol. The van der Waals surface area contributed by atoms with E-state index in [-0.39, 0.29) is 5.92 Å². The largest absolute Gasteiger partial charge is 0.343 e. The Hall–Kier alpha value is -0.610. The van der Waals surface area contributed by atoms with E-state index >= 15 is 0 Å². The van der Waals surface area contributed by atoms with Gasteiger partial charge >= 0.3 is 0 Å². The van der Waals surface area contributed by atoms with Crippen LogP contribution in [0.5, 0.6) is 0 Å². The van der Waals surface area contributed by atoms with Gasteiger partial charge in [0.1, 0.15) is 0 Å². The van der Waals surface area contributed by atoms with Gasteiger partial charge < -0.3 is 15.1 Å². The molecule has 0 saturated carbocycles. The van der Waals surface area contributed by atoms with Crippen LogP contribution in [0.1, 0.15) is 34.1 Å². The van der Waals surface area contributed by atoms with Crippen molar-refractivity contribution in [3.63, 3.8) is 0 Å². The molecule has 1 fully saturated rings. The Balaban J connectivity index is 2.33. The molecule has 0 aromatic heterocycles. The first-order valence-corrected chi connectivity index (χ1v) is 7.85. The highest BCUT2D eigenvalue weighted by Crippen LogP contribution is 2.18. The van der Waals surface area contributed by atoms with Crippen molar-refractivity contribution in [2.45, 2.75) is 34.1 Å². The summed E-state index contributed by atoms with van der Waals surface area (Å²) < 4.78 is 0. The first kappa shape index (κ1) is 16.4. The molecule has 1 unspecified atom stereocenters. The maximum absolute atomic E-state index is 12.4. The van der Waals surface area contributed by atoms with Crippen LogP contribution >= 0.6 is 0 Å². The van der Waals surface area contributed by atoms with Crippen LogP contribution in [0.3, 0.4) is 0 Å². The predicted octanol–water partition coefficient (Wildman–Crippen LogP) is 1.42. The highest BCUT2D eigenvalue weighted by atomic mass is 16.2. The Labute approximate surface area is 118 Å². The molecule has 4 nitrogen and oxygen atoms in total. The quantitative estimate of drug-likeness (QED) is 0.688. The lowest BCUT2D eigenvalue weighted by molar-refractivity contribution is -0.137. The van der Waals surface area contributed by atoms with E-state index in [1.807, 2.05) is 4.90 Å². The van der Waals surface area contributed by atoms with E-state index in [2.05, 4.69) is 37.9 Å². The van der Waals surface area contributed by atoms with Gasteiger partial charge in [0.25, 0.3) is 0 Å². The molecule has 19 heavy (non-hydrogen) atoms. The Morgan fingerprint density at radius 1 is 1.16 bits per heavy atom. The number of carbonyl (C=O) groups is 1. The zero-order valence-electron chi connectivity index (χ0n) is 13.1. The van der Waals surface area contributed by atoms with Crippen molar-refractivity contribution in [2.24, 2.45) is 11.8 Å². The van der Waals surface area contributed by atoms with Crippen LogP contribution in [0.4, 0.5) is 0 Å². The van der Waals surface area contributed by atoms with Crippen molar-refractivity contribution in [1.82, 2.24) is 15.1 Å². The second kappa shape index (κ2) is 8.54. The highest BCUT2D eigenvalue weighted by molar-refractivity contribution is 5.79. The maximum Gasteiger partial charge on any atom is 0.225 e. The highest BCUT2D eigenvalue weighted by Gasteiger charge is 2.30. The van der Waals surface area contributed by atoms with Gasteiger partial charge in [-0.15, -0.1) is 0 Å². The van der Waals surface area contributed by atoms with Crippen molar-refractivity contribution in [3.8, 4) is 0 Å². The summed E-state index contributed by atoms with van der Waals surface area (Å²) in [5.41, 5.74) is 0. The third-order valence-corrected chi connectivity index (χ3v) is 4.40. The van der Waals surface area contributed by atoms with Crippen LogP contribution in [0.2, 0.25) is 0 Å². The molecule has 1 N–H and O–H groups in total. The molecule has 0 radical (unpaired) electrons. The summed E-state index contributed by atoms with van der Waals surface area (Å²) in [6.07, 6.45) is 1.08. The first-order chi connectivity index (χ1) is 9.13. The summed E-state index contributed by atoms with van der Waals surface area (Å²) in [5.74, 6) is 1.06. The second-order valence-electron chi connectivity index (χ2n) is 5.51. The fraction of sp³-hybridized carbons (Fsp3) is 0.933. The zero-order valence-corrected chi connectivity index (χ0v) is 13.1. The molecule has 0 aromatic carbocycles. The van der Waals surface area contributed by atoms with Gasteiger partial charge in [-0.25, -0.2) is 0 Å². The molecule has 1 saturated heterocycles. The standard InChI is InChI=1S/C15H31N3O/c1-5-17(6-2)9-8-10-18(7-3)15(19)13(4)14-11-16-12-14/h13-14,16H,5-12H2,1-4H3. The molecule has 1 heterocycles. The van der Waals surface area contributed by atoms with Crippen LogP contribution in [-0.2, 0) is 4.79 Å². The summed E-state index contributed by atoms with van der Waals surface area (Å²) in [6, 6.07) is 0. The van der Waals surface area contributed by atoms with Gasteiger partial charge in [-0.2, -0.15) is 0 Å². The van der Waals surface area contributed by atoms with E-state index in [1.54, 1.807) is 0 Å². The van der Waals surface area contributed by atoms with Gasteiger partial charge in [0.05, 0.1) is 0 Å². The summed E-state index contributed by atoms with van der Waals surface area (Å²) in [7, 11) is 0. The minimum atomic E-state index is 0.176. The molecule has 0 aliphatic carbocycles. The number of nitrogens with zero attached hydrogens (tertiary/aromatic N) is 2. The molecule has 0 spiro atoms. The molecule has 0 aromatic rings. The lowest BCUT2D eigenvalue weighted by Gasteiger charge is -2.35. The number of nitrogens with one attached hydrogen (secondary N) is 1. The summed E-state index contributed by atoms with van der Waals surface area (Å²) >= 11 is 0. The smallest absolute Gasteiger partial charge is 0.225 e. The van der Waals surface area contributed by atoms with Crippen molar-refractivity contribution in [3.05, 3.63) is 0 Å². The molecule has 1 rings (SSSR count). The normalized spacial score (nSPS) is 17.3. The van der Waals surface area contributed by atoms with Crippen LogP contribution < -0.4 is 5.32 Å². The fourth-order valence-electron chi connectivity index (χ4n) is 2.60. The number of carbonyl (C=O) groups excluding carboxylic acids is 1. The molecular formula is C15H31N3O. The number of amides is 1. The van der Waals surface area contributed by atoms with Gasteiger partial charge in [0, 0.05) is 19.0 Å². The zero-order chi connectivity index (χ0) is 14.3. The molecule has 1 aliphatic rings. The molecule has 1 atom stereocenters. The van der Waals surface area contributed by atoms with Crippen LogP contribution in [-0.4, -0.2) is 61.5 Å². The second-order valence-corrected chi connectivity index (χ2v) is 5.51. The molecule has 1 aliphatic heterocycles. The van der Waals surface area contributed by atoms with Gasteiger partial charge in [0.15, 0.2) is 0 Å². The molecule has 4 heteroatoms. The fourth-order valence-corrected chi connectivity index (χ4v) is 2.60. The van der Waals surface area contributed by atoms with Gasteiger partial charge in [0.2, 0.25) is 5.91 Å². The summed E-state index contributed by atoms with van der Waals surface area (Å²) in [5, 5.41) is 3.25. The lowest BCUT2D eigenvalue weighted by Crippen LogP contribution is -2.50. The Morgan fingerprint density at radius 2 is 1.79 bits per heavy atom. The SMILES string of the molecule is CCN(CC)CCCN(CC)C(=O)C(C)C1CNC1. The monoisotopic (exact) mass is 269 g/mol. The van der Waals surface area contributed by atoms with Gasteiger partial charge in [-0.05, 0) is 52.0 Å². The third kappa shape index (κ3) is 4.77.